The number of halogens is 4. The number of aliphatic hydroxyl groups is 1. The van der Waals surface area contributed by atoms with Crippen LogP contribution in [-0.4, -0.2) is 31.3 Å². The average Bonchev–Trinajstić information content (AvgIpc) is 2.76. The summed E-state index contributed by atoms with van der Waals surface area (Å²) in [5, 5.41) is 11.1. The molecule has 2 N–H and O–H groups in total. The Bertz CT molecular complexity index is 1150. The largest absolute Gasteiger partial charge is 0.396 e. The molecule has 0 heterocycles. The molecule has 0 spiro atoms. The summed E-state index contributed by atoms with van der Waals surface area (Å²) in [4.78, 5) is 12.4. The molecule has 10 heteroatoms. The number of aliphatic hydroxyl groups excluding tert-OH is 1. The number of nitrogens with one attached hydrogen (secondary N) is 1. The Morgan fingerprint density at radius 2 is 1.72 bits per heavy atom. The van der Waals surface area contributed by atoms with Crippen LogP contribution >= 0.6 is 11.6 Å². The van der Waals surface area contributed by atoms with E-state index in [2.05, 4.69) is 12.2 Å². The molecule has 3 saturated carbocycles. The number of anilines is 1. The van der Waals surface area contributed by atoms with Crippen LogP contribution in [-0.2, 0) is 9.84 Å². The standard InChI is InChI=1S/C22H21ClF3NO4S/c1-10-14-7-13(8-15(10)16(14)9-28)32(30,31)20-4-11(2-3-17(20)23)22(29)27-12-5-18(24)21(26)19(25)6-12/h2-6,10,13-16,28H,7-9H2,1H3,(H,27,29)/t10-,13-,14?,15?,16-. The van der Waals surface area contributed by atoms with Crippen molar-refractivity contribution in [3.63, 3.8) is 0 Å². The lowest BCUT2D eigenvalue weighted by atomic mass is 9.51. The molecule has 2 aromatic carbocycles. The zero-order valence-corrected chi connectivity index (χ0v) is 18.6. The summed E-state index contributed by atoms with van der Waals surface area (Å²) >= 11 is 6.16. The van der Waals surface area contributed by atoms with E-state index in [1.807, 2.05) is 0 Å². The highest BCUT2D eigenvalue weighted by Crippen LogP contribution is 2.56. The number of hydrogen-bond donors (Lipinski definition) is 2. The number of rotatable bonds is 5. The van der Waals surface area contributed by atoms with Gasteiger partial charge >= 0.3 is 0 Å². The minimum Gasteiger partial charge on any atom is -0.396 e. The Labute approximate surface area is 188 Å². The van der Waals surface area contributed by atoms with Gasteiger partial charge in [0.2, 0.25) is 0 Å². The fraction of sp³-hybridized carbons (Fsp3) is 0.409. The van der Waals surface area contributed by atoms with E-state index < -0.39 is 38.4 Å². The second-order valence-corrected chi connectivity index (χ2v) is 11.1. The number of fused-ring (bicyclic) bond motifs is 2. The van der Waals surface area contributed by atoms with E-state index in [-0.39, 0.29) is 45.5 Å². The lowest BCUT2D eigenvalue weighted by Gasteiger charge is -2.56. The third-order valence-corrected chi connectivity index (χ3v) is 9.57. The lowest BCUT2D eigenvalue weighted by Crippen LogP contribution is -2.55. The van der Waals surface area contributed by atoms with Gasteiger partial charge in [0.25, 0.3) is 5.91 Å². The quantitative estimate of drug-likeness (QED) is 0.611. The van der Waals surface area contributed by atoms with Crippen LogP contribution in [0.15, 0.2) is 35.2 Å². The van der Waals surface area contributed by atoms with Crippen molar-refractivity contribution in [1.29, 1.82) is 0 Å². The fourth-order valence-electron chi connectivity index (χ4n) is 5.15. The number of carbonyl (C=O) groups is 1. The van der Waals surface area contributed by atoms with Gasteiger partial charge in [-0.05, 0) is 54.7 Å². The van der Waals surface area contributed by atoms with Gasteiger partial charge in [-0.3, -0.25) is 4.79 Å². The first-order valence-electron chi connectivity index (χ1n) is 10.1. The molecule has 3 fully saturated rings. The van der Waals surface area contributed by atoms with Crippen molar-refractivity contribution in [1.82, 2.24) is 0 Å². The highest BCUT2D eigenvalue weighted by Gasteiger charge is 2.55. The topological polar surface area (TPSA) is 83.5 Å². The van der Waals surface area contributed by atoms with Gasteiger partial charge in [-0.1, -0.05) is 18.5 Å². The molecule has 0 radical (unpaired) electrons. The summed E-state index contributed by atoms with van der Waals surface area (Å²) in [5.74, 6) is -4.73. The Hall–Kier alpha value is -2.10. The molecule has 32 heavy (non-hydrogen) atoms. The van der Waals surface area contributed by atoms with E-state index in [4.69, 9.17) is 11.6 Å². The second-order valence-electron chi connectivity index (χ2n) is 8.52. The molecule has 1 amide bonds. The molecule has 0 aromatic heterocycles. The van der Waals surface area contributed by atoms with Crippen LogP contribution in [0.1, 0.15) is 30.1 Å². The predicted molar refractivity (Wildman–Crippen MR) is 113 cm³/mol. The highest BCUT2D eigenvalue weighted by atomic mass is 35.5. The third-order valence-electron chi connectivity index (χ3n) is 6.91. The predicted octanol–water partition coefficient (Wildman–Crippen LogP) is 4.44. The summed E-state index contributed by atoms with van der Waals surface area (Å²) in [6, 6.07) is 4.94. The molecule has 3 aliphatic carbocycles. The van der Waals surface area contributed by atoms with E-state index in [1.165, 1.54) is 12.1 Å². The van der Waals surface area contributed by atoms with E-state index >= 15 is 0 Å². The fourth-order valence-corrected chi connectivity index (χ4v) is 7.53. The van der Waals surface area contributed by atoms with E-state index in [0.717, 1.165) is 6.07 Å². The van der Waals surface area contributed by atoms with Crippen molar-refractivity contribution in [2.24, 2.45) is 23.7 Å². The van der Waals surface area contributed by atoms with Crippen molar-refractivity contribution >= 4 is 33.0 Å². The monoisotopic (exact) mass is 487 g/mol. The molecule has 0 aliphatic heterocycles. The smallest absolute Gasteiger partial charge is 0.255 e. The molecule has 172 valence electrons. The number of hydrogen-bond acceptors (Lipinski definition) is 4. The van der Waals surface area contributed by atoms with Gasteiger partial charge in [0.1, 0.15) is 0 Å². The molecule has 2 atom stereocenters. The Balaban J connectivity index is 1.58. The van der Waals surface area contributed by atoms with Crippen molar-refractivity contribution in [2.75, 3.05) is 11.9 Å². The SMILES string of the molecule is C[C@H]1C2C[C@H](S(=O)(=O)c3cc(C(=O)Nc4cc(F)c(F)c(F)c4)ccc3Cl)CC1[C@H]2CO. The van der Waals surface area contributed by atoms with Gasteiger partial charge < -0.3 is 10.4 Å². The molecule has 2 bridgehead atoms. The Morgan fingerprint density at radius 1 is 1.12 bits per heavy atom. The van der Waals surface area contributed by atoms with Gasteiger partial charge in [0.05, 0.1) is 15.2 Å². The molecule has 2 aromatic rings. The molecule has 2 unspecified atom stereocenters. The van der Waals surface area contributed by atoms with Crippen LogP contribution in [0.2, 0.25) is 5.02 Å². The van der Waals surface area contributed by atoms with E-state index in [0.29, 0.717) is 30.9 Å². The van der Waals surface area contributed by atoms with Crippen LogP contribution in [0.25, 0.3) is 0 Å². The summed E-state index contributed by atoms with van der Waals surface area (Å²) in [6.45, 7) is 2.09. The van der Waals surface area contributed by atoms with E-state index in [1.54, 1.807) is 0 Å². The van der Waals surface area contributed by atoms with E-state index in [9.17, 15) is 31.5 Å². The first kappa shape index (κ1) is 23.1. The van der Waals surface area contributed by atoms with Crippen LogP contribution in [0.4, 0.5) is 18.9 Å². The maximum Gasteiger partial charge on any atom is 0.255 e. The van der Waals surface area contributed by atoms with Crippen molar-refractivity contribution in [3.8, 4) is 0 Å². The third kappa shape index (κ3) is 3.80. The maximum absolute atomic E-state index is 13.4. The lowest BCUT2D eigenvalue weighted by molar-refractivity contribution is -0.0820. The summed E-state index contributed by atoms with van der Waals surface area (Å²) < 4.78 is 66.6. The summed E-state index contributed by atoms with van der Waals surface area (Å²) in [6.07, 6.45) is 0.818. The van der Waals surface area contributed by atoms with Crippen LogP contribution in [0.3, 0.4) is 0 Å². The zero-order valence-electron chi connectivity index (χ0n) is 17.0. The first-order chi connectivity index (χ1) is 15.0. The molecule has 3 aliphatic rings. The summed E-state index contributed by atoms with van der Waals surface area (Å²) in [5.41, 5.74) is -0.400. The van der Waals surface area contributed by atoms with Gasteiger partial charge in [-0.15, -0.1) is 0 Å². The minimum atomic E-state index is -3.86. The second kappa shape index (κ2) is 8.35. The number of sulfone groups is 1. The summed E-state index contributed by atoms with van der Waals surface area (Å²) in [7, 11) is -3.86. The van der Waals surface area contributed by atoms with Gasteiger partial charge in [0, 0.05) is 30.0 Å². The highest BCUT2D eigenvalue weighted by molar-refractivity contribution is 7.92. The van der Waals surface area contributed by atoms with Crippen molar-refractivity contribution in [2.45, 2.75) is 29.9 Å². The van der Waals surface area contributed by atoms with Gasteiger partial charge in [0.15, 0.2) is 27.3 Å². The van der Waals surface area contributed by atoms with Crippen LogP contribution < -0.4 is 5.32 Å². The Kier molecular flexibility index (Phi) is 6.02. The molecule has 0 saturated heterocycles. The number of benzene rings is 2. The molecular weight excluding hydrogens is 467 g/mol. The zero-order chi connectivity index (χ0) is 23.4. The van der Waals surface area contributed by atoms with Gasteiger partial charge in [-0.2, -0.15) is 0 Å². The number of carbonyl (C=O) groups excluding carboxylic acids is 1. The Morgan fingerprint density at radius 3 is 2.28 bits per heavy atom. The van der Waals surface area contributed by atoms with Crippen molar-refractivity contribution in [3.05, 3.63) is 58.4 Å². The van der Waals surface area contributed by atoms with Crippen LogP contribution in [0.5, 0.6) is 0 Å². The normalized spacial score (nSPS) is 27.0. The molecule has 5 rings (SSSR count). The minimum absolute atomic E-state index is 0.0351. The van der Waals surface area contributed by atoms with Gasteiger partial charge in [-0.25, -0.2) is 21.6 Å². The molecular formula is C22H21ClF3NO4S. The number of amides is 1. The average molecular weight is 488 g/mol. The maximum atomic E-state index is 13.4. The van der Waals surface area contributed by atoms with Crippen molar-refractivity contribution < 1.29 is 31.5 Å². The first-order valence-corrected chi connectivity index (χ1v) is 12.1. The molecule has 5 nitrogen and oxygen atoms in total. The van der Waals surface area contributed by atoms with Crippen LogP contribution in [0, 0.1) is 41.1 Å².